The van der Waals surface area contributed by atoms with Crippen molar-refractivity contribution in [3.63, 3.8) is 0 Å². The quantitative estimate of drug-likeness (QED) is 0.790. The lowest BCUT2D eigenvalue weighted by atomic mass is 10.3. The van der Waals surface area contributed by atoms with E-state index >= 15 is 0 Å². The summed E-state index contributed by atoms with van der Waals surface area (Å²) in [5, 5.41) is 8.50. The van der Waals surface area contributed by atoms with Gasteiger partial charge in [0.05, 0.1) is 16.4 Å². The molecule has 0 aliphatic carbocycles. The molecule has 0 aliphatic heterocycles. The summed E-state index contributed by atoms with van der Waals surface area (Å²) in [6.07, 6.45) is 2.25. The normalized spacial score (nSPS) is 10.0. The van der Waals surface area contributed by atoms with Crippen molar-refractivity contribution < 1.29 is 9.52 Å². The topological polar surface area (TPSA) is 33.4 Å². The van der Waals surface area contributed by atoms with E-state index in [0.29, 0.717) is 6.42 Å². The fourth-order valence-corrected chi connectivity index (χ4v) is 1.15. The Bertz CT molecular complexity index is 183. The summed E-state index contributed by atoms with van der Waals surface area (Å²) < 4.78 is 6.12. The molecule has 0 spiro atoms. The van der Waals surface area contributed by atoms with E-state index in [0.717, 1.165) is 9.33 Å². The number of hydrogen-bond donors (Lipinski definition) is 1. The minimum absolute atomic E-state index is 0.156. The van der Waals surface area contributed by atoms with Gasteiger partial charge in [0.25, 0.3) is 0 Å². The van der Waals surface area contributed by atoms with Crippen LogP contribution in [-0.4, -0.2) is 11.7 Å². The maximum Gasteiger partial charge on any atom is 0.119 e. The first-order chi connectivity index (χ1) is 4.34. The van der Waals surface area contributed by atoms with Crippen molar-refractivity contribution in [2.75, 3.05) is 6.61 Å². The lowest BCUT2D eigenvalue weighted by Gasteiger charge is -1.89. The average Bonchev–Trinajstić information content (AvgIpc) is 2.18. The predicted octanol–water partition coefficient (Wildman–Crippen LogP) is 1.42. The lowest BCUT2D eigenvalue weighted by molar-refractivity contribution is 0.287. The second-order valence-electron chi connectivity index (χ2n) is 1.67. The van der Waals surface area contributed by atoms with Gasteiger partial charge in [-0.2, -0.15) is 0 Å². The molecule has 0 atom stereocenters. The smallest absolute Gasteiger partial charge is 0.119 e. The second kappa shape index (κ2) is 3.22. The third-order valence-electron chi connectivity index (χ3n) is 1.03. The predicted molar refractivity (Wildman–Crippen MR) is 42.2 cm³/mol. The zero-order valence-corrected chi connectivity index (χ0v) is 6.96. The Morgan fingerprint density at radius 2 is 2.44 bits per heavy atom. The molecule has 50 valence electrons. The Labute approximate surface area is 67.0 Å². The molecule has 1 heterocycles. The van der Waals surface area contributed by atoms with Crippen molar-refractivity contribution in [2.45, 2.75) is 6.42 Å². The monoisotopic (exact) mass is 238 g/mol. The average molecular weight is 238 g/mol. The third-order valence-corrected chi connectivity index (χ3v) is 1.99. The summed E-state index contributed by atoms with van der Waals surface area (Å²) in [5.74, 6) is 0.873. The fourth-order valence-electron chi connectivity index (χ4n) is 0.605. The zero-order valence-electron chi connectivity index (χ0n) is 4.80. The molecule has 1 rings (SSSR count). The lowest BCUT2D eigenvalue weighted by Crippen LogP contribution is -1.88. The van der Waals surface area contributed by atoms with Gasteiger partial charge in [0.15, 0.2) is 0 Å². The van der Waals surface area contributed by atoms with Crippen LogP contribution in [0.5, 0.6) is 0 Å². The molecule has 0 unspecified atom stereocenters. The van der Waals surface area contributed by atoms with E-state index in [1.807, 2.05) is 6.07 Å². The van der Waals surface area contributed by atoms with Crippen molar-refractivity contribution in [3.8, 4) is 0 Å². The molecule has 0 fully saturated rings. The van der Waals surface area contributed by atoms with Gasteiger partial charge < -0.3 is 9.52 Å². The number of aliphatic hydroxyl groups excluding tert-OH is 1. The summed E-state index contributed by atoms with van der Waals surface area (Å²) in [5.41, 5.74) is 0. The van der Waals surface area contributed by atoms with Crippen LogP contribution in [0.2, 0.25) is 0 Å². The molecule has 2 nitrogen and oxygen atoms in total. The molecule has 0 radical (unpaired) electrons. The van der Waals surface area contributed by atoms with E-state index in [1.165, 1.54) is 0 Å². The van der Waals surface area contributed by atoms with Crippen LogP contribution in [0.15, 0.2) is 16.7 Å². The molecule has 0 aromatic carbocycles. The number of aliphatic hydroxyl groups is 1. The molecule has 0 saturated carbocycles. The second-order valence-corrected chi connectivity index (χ2v) is 2.83. The molecule has 0 saturated heterocycles. The van der Waals surface area contributed by atoms with Crippen LogP contribution in [0.3, 0.4) is 0 Å². The molecule has 3 heteroatoms. The summed E-state index contributed by atoms with van der Waals surface area (Å²) in [4.78, 5) is 0. The van der Waals surface area contributed by atoms with Crippen molar-refractivity contribution >= 4 is 22.6 Å². The highest BCUT2D eigenvalue weighted by molar-refractivity contribution is 14.1. The molecular formula is C6H7IO2. The van der Waals surface area contributed by atoms with Crippen LogP contribution in [-0.2, 0) is 6.42 Å². The molecule has 0 bridgehead atoms. The first-order valence-electron chi connectivity index (χ1n) is 2.67. The Kier molecular flexibility index (Phi) is 2.53. The number of hydrogen-bond acceptors (Lipinski definition) is 2. The van der Waals surface area contributed by atoms with E-state index in [1.54, 1.807) is 6.26 Å². The van der Waals surface area contributed by atoms with Crippen LogP contribution in [0, 0.1) is 3.57 Å². The Hall–Kier alpha value is -0.0300. The van der Waals surface area contributed by atoms with Crippen molar-refractivity contribution in [3.05, 3.63) is 21.7 Å². The van der Waals surface area contributed by atoms with Gasteiger partial charge in [-0.1, -0.05) is 0 Å². The van der Waals surface area contributed by atoms with E-state index < -0.39 is 0 Å². The minimum atomic E-state index is 0.156. The molecule has 1 aromatic rings. The van der Waals surface area contributed by atoms with E-state index in [2.05, 4.69) is 22.6 Å². The van der Waals surface area contributed by atoms with Gasteiger partial charge in [0.1, 0.15) is 5.76 Å². The van der Waals surface area contributed by atoms with Gasteiger partial charge >= 0.3 is 0 Å². The largest absolute Gasteiger partial charge is 0.468 e. The first kappa shape index (κ1) is 7.08. The van der Waals surface area contributed by atoms with Gasteiger partial charge in [0, 0.05) is 6.42 Å². The molecular weight excluding hydrogens is 231 g/mol. The van der Waals surface area contributed by atoms with Crippen LogP contribution in [0.1, 0.15) is 5.76 Å². The van der Waals surface area contributed by atoms with Crippen molar-refractivity contribution in [1.29, 1.82) is 0 Å². The molecule has 1 aromatic heterocycles. The number of rotatable bonds is 2. The van der Waals surface area contributed by atoms with E-state index in [9.17, 15) is 0 Å². The third kappa shape index (κ3) is 1.69. The standard InChI is InChI=1S/C6H7IO2/c7-5-2-4-9-6(5)1-3-8/h2,4,8H,1,3H2. The maximum atomic E-state index is 8.50. The summed E-state index contributed by atoms with van der Waals surface area (Å²) in [7, 11) is 0. The van der Waals surface area contributed by atoms with Gasteiger partial charge in [0.2, 0.25) is 0 Å². The SMILES string of the molecule is OCCc1occc1I. The van der Waals surface area contributed by atoms with Crippen LogP contribution in [0.4, 0.5) is 0 Å². The summed E-state index contributed by atoms with van der Waals surface area (Å²) in [6.45, 7) is 0.156. The van der Waals surface area contributed by atoms with Gasteiger partial charge in [-0.25, -0.2) is 0 Å². The first-order valence-corrected chi connectivity index (χ1v) is 3.75. The molecule has 0 amide bonds. The van der Waals surface area contributed by atoms with Gasteiger partial charge in [-0.15, -0.1) is 0 Å². The highest BCUT2D eigenvalue weighted by Gasteiger charge is 1.99. The Balaban J connectivity index is 2.69. The Morgan fingerprint density at radius 1 is 1.67 bits per heavy atom. The minimum Gasteiger partial charge on any atom is -0.468 e. The highest BCUT2D eigenvalue weighted by Crippen LogP contribution is 2.12. The molecule has 9 heavy (non-hydrogen) atoms. The maximum absolute atomic E-state index is 8.50. The van der Waals surface area contributed by atoms with Gasteiger partial charge in [-0.3, -0.25) is 0 Å². The highest BCUT2D eigenvalue weighted by atomic mass is 127. The van der Waals surface area contributed by atoms with Crippen molar-refractivity contribution in [1.82, 2.24) is 0 Å². The molecule has 1 N–H and O–H groups in total. The molecule has 0 aliphatic rings. The van der Waals surface area contributed by atoms with Gasteiger partial charge in [-0.05, 0) is 28.7 Å². The van der Waals surface area contributed by atoms with Crippen LogP contribution in [0.25, 0.3) is 0 Å². The van der Waals surface area contributed by atoms with E-state index in [-0.39, 0.29) is 6.61 Å². The van der Waals surface area contributed by atoms with Crippen LogP contribution < -0.4 is 0 Å². The fraction of sp³-hybridized carbons (Fsp3) is 0.333. The van der Waals surface area contributed by atoms with Crippen LogP contribution >= 0.6 is 22.6 Å². The summed E-state index contributed by atoms with van der Waals surface area (Å²) in [6, 6.07) is 1.88. The summed E-state index contributed by atoms with van der Waals surface area (Å²) >= 11 is 2.17. The number of furan rings is 1. The van der Waals surface area contributed by atoms with Crippen molar-refractivity contribution in [2.24, 2.45) is 0 Å². The Morgan fingerprint density at radius 3 is 2.89 bits per heavy atom. The number of halogens is 1. The van der Waals surface area contributed by atoms with E-state index in [4.69, 9.17) is 9.52 Å². The zero-order chi connectivity index (χ0) is 6.69.